The van der Waals surface area contributed by atoms with Gasteiger partial charge in [-0.3, -0.25) is 10.4 Å². The highest BCUT2D eigenvalue weighted by Crippen LogP contribution is 2.29. The van der Waals surface area contributed by atoms with Gasteiger partial charge >= 0.3 is 12.0 Å². The number of rotatable bonds is 5. The number of anilines is 2. The zero-order chi connectivity index (χ0) is 17.9. The van der Waals surface area contributed by atoms with E-state index in [-0.39, 0.29) is 11.7 Å². The SMILES string of the molecule is COC(=O)c1cc(Nc2ncno2)nc(Sc2ccc3[nH]ncc3c2)n1. The standard InChI is InChI=1S/C15H11N7O3S/c1-24-13(23)11-5-12(20-14-16-7-18-25-14)21-15(19-11)26-9-2-3-10-8(4-9)6-17-22-10/h2-7H,1H3,(H,17,22)(H,16,18,19,20,21). The summed E-state index contributed by atoms with van der Waals surface area (Å²) in [6.07, 6.45) is 2.98. The Labute approximate surface area is 150 Å². The van der Waals surface area contributed by atoms with Crippen molar-refractivity contribution in [3.63, 3.8) is 0 Å². The molecule has 0 fully saturated rings. The third kappa shape index (κ3) is 3.32. The minimum absolute atomic E-state index is 0.108. The molecule has 11 heteroatoms. The minimum Gasteiger partial charge on any atom is -0.464 e. The van der Waals surface area contributed by atoms with E-state index >= 15 is 0 Å². The van der Waals surface area contributed by atoms with E-state index in [1.807, 2.05) is 18.2 Å². The molecule has 26 heavy (non-hydrogen) atoms. The first-order valence-corrected chi connectivity index (χ1v) is 8.15. The third-order valence-electron chi connectivity index (χ3n) is 3.32. The van der Waals surface area contributed by atoms with Crippen LogP contribution in [0.15, 0.2) is 51.4 Å². The van der Waals surface area contributed by atoms with E-state index in [1.54, 1.807) is 6.20 Å². The maximum atomic E-state index is 11.9. The van der Waals surface area contributed by atoms with Crippen molar-refractivity contribution in [1.82, 2.24) is 30.3 Å². The lowest BCUT2D eigenvalue weighted by molar-refractivity contribution is 0.0593. The Balaban J connectivity index is 1.67. The molecular formula is C15H11N7O3S. The number of hydrogen-bond acceptors (Lipinski definition) is 10. The van der Waals surface area contributed by atoms with Gasteiger partial charge in [0, 0.05) is 16.3 Å². The second-order valence-corrected chi connectivity index (χ2v) is 6.05. The molecular weight excluding hydrogens is 358 g/mol. The second kappa shape index (κ2) is 6.80. The number of carbonyl (C=O) groups is 1. The quantitative estimate of drug-likeness (QED) is 0.399. The number of ether oxygens (including phenoxy) is 1. The first kappa shape index (κ1) is 16.0. The highest BCUT2D eigenvalue weighted by Gasteiger charge is 2.14. The van der Waals surface area contributed by atoms with Gasteiger partial charge in [-0.05, 0) is 30.0 Å². The molecule has 130 valence electrons. The van der Waals surface area contributed by atoms with Gasteiger partial charge in [-0.2, -0.15) is 10.1 Å². The number of aromatic nitrogens is 6. The lowest BCUT2D eigenvalue weighted by atomic mass is 10.3. The Morgan fingerprint density at radius 2 is 2.23 bits per heavy atom. The number of benzene rings is 1. The zero-order valence-electron chi connectivity index (χ0n) is 13.3. The predicted molar refractivity (Wildman–Crippen MR) is 91.2 cm³/mol. The van der Waals surface area contributed by atoms with Crippen molar-refractivity contribution < 1.29 is 14.1 Å². The predicted octanol–water partition coefficient (Wildman–Crippen LogP) is 2.42. The Morgan fingerprint density at radius 1 is 1.31 bits per heavy atom. The van der Waals surface area contributed by atoms with Crippen LogP contribution in [0.2, 0.25) is 0 Å². The highest BCUT2D eigenvalue weighted by molar-refractivity contribution is 7.99. The topological polar surface area (TPSA) is 132 Å². The summed E-state index contributed by atoms with van der Waals surface area (Å²) in [4.78, 5) is 25.3. The largest absolute Gasteiger partial charge is 0.464 e. The molecule has 3 aromatic heterocycles. The number of H-pyrrole nitrogens is 1. The lowest BCUT2D eigenvalue weighted by Gasteiger charge is -2.07. The molecule has 3 heterocycles. The molecule has 0 saturated heterocycles. The molecule has 0 amide bonds. The molecule has 2 N–H and O–H groups in total. The first-order valence-electron chi connectivity index (χ1n) is 7.33. The molecule has 0 atom stereocenters. The van der Waals surface area contributed by atoms with Gasteiger partial charge in [0.25, 0.3) is 0 Å². The Kier molecular flexibility index (Phi) is 4.19. The molecule has 0 aliphatic rings. The van der Waals surface area contributed by atoms with Crippen LogP contribution in [0.4, 0.5) is 11.8 Å². The van der Waals surface area contributed by atoms with Crippen molar-refractivity contribution in [2.24, 2.45) is 0 Å². The summed E-state index contributed by atoms with van der Waals surface area (Å²) in [7, 11) is 1.29. The fourth-order valence-electron chi connectivity index (χ4n) is 2.17. The van der Waals surface area contributed by atoms with Crippen LogP contribution < -0.4 is 5.32 Å². The molecule has 0 aliphatic carbocycles. The minimum atomic E-state index is -0.576. The van der Waals surface area contributed by atoms with Gasteiger partial charge in [-0.25, -0.2) is 14.8 Å². The molecule has 0 unspecified atom stereocenters. The van der Waals surface area contributed by atoms with Crippen molar-refractivity contribution in [1.29, 1.82) is 0 Å². The highest BCUT2D eigenvalue weighted by atomic mass is 32.2. The summed E-state index contributed by atoms with van der Waals surface area (Å²) in [6, 6.07) is 7.36. The van der Waals surface area contributed by atoms with Crippen LogP contribution in [0.1, 0.15) is 10.5 Å². The summed E-state index contributed by atoms with van der Waals surface area (Å²) in [5.74, 6) is -0.246. The van der Waals surface area contributed by atoms with E-state index in [4.69, 9.17) is 9.26 Å². The summed E-state index contributed by atoms with van der Waals surface area (Å²) in [5, 5.41) is 14.5. The zero-order valence-corrected chi connectivity index (χ0v) is 14.1. The maximum Gasteiger partial charge on any atom is 0.356 e. The van der Waals surface area contributed by atoms with E-state index in [0.29, 0.717) is 11.0 Å². The number of aromatic amines is 1. The summed E-state index contributed by atoms with van der Waals surface area (Å²) < 4.78 is 9.64. The number of nitrogens with zero attached hydrogens (tertiary/aromatic N) is 5. The molecule has 0 radical (unpaired) electrons. The van der Waals surface area contributed by atoms with Crippen LogP contribution >= 0.6 is 11.8 Å². The molecule has 0 saturated carbocycles. The van der Waals surface area contributed by atoms with Crippen LogP contribution in [-0.2, 0) is 4.74 Å². The number of methoxy groups -OCH3 is 1. The van der Waals surface area contributed by atoms with E-state index < -0.39 is 5.97 Å². The molecule has 10 nitrogen and oxygen atoms in total. The summed E-state index contributed by atoms with van der Waals surface area (Å²) in [5.41, 5.74) is 1.04. The van der Waals surface area contributed by atoms with Gasteiger partial charge in [-0.1, -0.05) is 5.16 Å². The van der Waals surface area contributed by atoms with E-state index in [1.165, 1.54) is 31.3 Å². The molecule has 1 aromatic carbocycles. The maximum absolute atomic E-state index is 11.9. The second-order valence-electron chi connectivity index (χ2n) is 5.01. The first-order chi connectivity index (χ1) is 12.7. The van der Waals surface area contributed by atoms with Gasteiger partial charge in [0.2, 0.25) is 0 Å². The van der Waals surface area contributed by atoms with Crippen LogP contribution in [0.25, 0.3) is 10.9 Å². The van der Waals surface area contributed by atoms with E-state index in [0.717, 1.165) is 15.8 Å². The smallest absolute Gasteiger partial charge is 0.356 e. The molecule has 0 spiro atoms. The fraction of sp³-hybridized carbons (Fsp3) is 0.0667. The van der Waals surface area contributed by atoms with Gasteiger partial charge in [0.15, 0.2) is 17.2 Å². The van der Waals surface area contributed by atoms with Gasteiger partial charge in [0.1, 0.15) is 5.82 Å². The summed E-state index contributed by atoms with van der Waals surface area (Å²) in [6.45, 7) is 0. The number of hydrogen-bond donors (Lipinski definition) is 2. The Morgan fingerprint density at radius 3 is 3.04 bits per heavy atom. The average molecular weight is 369 g/mol. The van der Waals surface area contributed by atoms with Gasteiger partial charge in [0.05, 0.1) is 18.8 Å². The monoisotopic (exact) mass is 369 g/mol. The van der Waals surface area contributed by atoms with Crippen LogP contribution in [0.5, 0.6) is 0 Å². The lowest BCUT2D eigenvalue weighted by Crippen LogP contribution is -2.08. The molecule has 4 rings (SSSR count). The Bertz CT molecular complexity index is 1060. The average Bonchev–Trinajstić information content (AvgIpc) is 3.32. The number of fused-ring (bicyclic) bond motifs is 1. The Hall–Kier alpha value is -3.47. The van der Waals surface area contributed by atoms with Crippen molar-refractivity contribution >= 4 is 40.5 Å². The van der Waals surface area contributed by atoms with Crippen LogP contribution in [-0.4, -0.2) is 43.4 Å². The third-order valence-corrected chi connectivity index (χ3v) is 4.17. The molecule has 0 aliphatic heterocycles. The van der Waals surface area contributed by atoms with Crippen LogP contribution in [0, 0.1) is 0 Å². The van der Waals surface area contributed by atoms with Crippen molar-refractivity contribution in [3.8, 4) is 0 Å². The van der Waals surface area contributed by atoms with Gasteiger partial charge < -0.3 is 9.26 Å². The van der Waals surface area contributed by atoms with E-state index in [2.05, 4.69) is 35.6 Å². The number of carbonyl (C=O) groups excluding carboxylic acids is 1. The normalized spacial score (nSPS) is 10.8. The van der Waals surface area contributed by atoms with Crippen molar-refractivity contribution in [3.05, 3.63) is 42.5 Å². The van der Waals surface area contributed by atoms with E-state index in [9.17, 15) is 4.79 Å². The van der Waals surface area contributed by atoms with Gasteiger partial charge in [-0.15, -0.1) is 0 Å². The molecule has 4 aromatic rings. The van der Waals surface area contributed by atoms with Crippen LogP contribution in [0.3, 0.4) is 0 Å². The van der Waals surface area contributed by atoms with Crippen molar-refractivity contribution in [2.75, 3.05) is 12.4 Å². The summed E-state index contributed by atoms with van der Waals surface area (Å²) >= 11 is 1.30. The fourth-order valence-corrected chi connectivity index (χ4v) is 2.99. The van der Waals surface area contributed by atoms with Crippen molar-refractivity contribution in [2.45, 2.75) is 10.1 Å². The number of nitrogens with one attached hydrogen (secondary N) is 2. The number of esters is 1. The molecule has 0 bridgehead atoms.